The van der Waals surface area contributed by atoms with Gasteiger partial charge in [-0.25, -0.2) is 0 Å². The van der Waals surface area contributed by atoms with Crippen LogP contribution in [0.3, 0.4) is 0 Å². The molecule has 0 aromatic heterocycles. The Bertz CT molecular complexity index is 164. The average Bonchev–Trinajstić information content (AvgIpc) is 2.69. The van der Waals surface area contributed by atoms with E-state index in [1.165, 1.54) is 25.7 Å². The second-order valence-corrected chi connectivity index (χ2v) is 5.31. The average molecular weight is 213 g/mol. The van der Waals surface area contributed by atoms with Gasteiger partial charge in [-0.05, 0) is 31.6 Å². The Hall–Kier alpha value is -0.0800. The molecule has 1 rings (SSSR count). The van der Waals surface area contributed by atoms with Gasteiger partial charge in [-0.1, -0.05) is 26.7 Å². The van der Waals surface area contributed by atoms with Crippen molar-refractivity contribution in [3.63, 3.8) is 0 Å². The highest BCUT2D eigenvalue weighted by Crippen LogP contribution is 2.27. The van der Waals surface area contributed by atoms with E-state index in [0.29, 0.717) is 18.0 Å². The van der Waals surface area contributed by atoms with E-state index in [0.717, 1.165) is 12.5 Å². The lowest BCUT2D eigenvalue weighted by atomic mass is 9.96. The minimum absolute atomic E-state index is 0.505. The van der Waals surface area contributed by atoms with Gasteiger partial charge in [0.25, 0.3) is 0 Å². The largest absolute Gasteiger partial charge is 0.383 e. The number of ether oxygens (including phenoxy) is 1. The smallest absolute Gasteiger partial charge is 0.0618 e. The Balaban J connectivity index is 2.35. The van der Waals surface area contributed by atoms with Gasteiger partial charge in [0.15, 0.2) is 0 Å². The molecule has 90 valence electrons. The molecule has 0 saturated heterocycles. The van der Waals surface area contributed by atoms with Gasteiger partial charge in [0.05, 0.1) is 6.61 Å². The highest BCUT2D eigenvalue weighted by atomic mass is 16.5. The first kappa shape index (κ1) is 13.0. The second kappa shape index (κ2) is 6.49. The van der Waals surface area contributed by atoms with E-state index in [-0.39, 0.29) is 0 Å². The maximum atomic E-state index is 5.27. The fourth-order valence-corrected chi connectivity index (χ4v) is 2.54. The van der Waals surface area contributed by atoms with Crippen LogP contribution in [0.2, 0.25) is 0 Å². The van der Waals surface area contributed by atoms with Crippen molar-refractivity contribution in [1.29, 1.82) is 0 Å². The zero-order valence-corrected chi connectivity index (χ0v) is 10.8. The summed E-state index contributed by atoms with van der Waals surface area (Å²) in [5.74, 6) is 1.54. The molecule has 1 aliphatic carbocycles. The third kappa shape index (κ3) is 4.12. The number of methoxy groups -OCH3 is 1. The van der Waals surface area contributed by atoms with Crippen LogP contribution in [-0.2, 0) is 4.74 Å². The minimum Gasteiger partial charge on any atom is -0.383 e. The zero-order valence-electron chi connectivity index (χ0n) is 10.8. The molecule has 0 heterocycles. The molecule has 0 bridgehead atoms. The summed E-state index contributed by atoms with van der Waals surface area (Å²) in [6, 6.07) is 1.15. The first-order valence-electron chi connectivity index (χ1n) is 6.40. The van der Waals surface area contributed by atoms with Crippen molar-refractivity contribution in [2.45, 2.75) is 58.5 Å². The number of hydrogen-bond donors (Lipinski definition) is 1. The second-order valence-electron chi connectivity index (χ2n) is 5.31. The molecule has 2 nitrogen and oxygen atoms in total. The van der Waals surface area contributed by atoms with Crippen molar-refractivity contribution in [3.05, 3.63) is 0 Å². The van der Waals surface area contributed by atoms with E-state index in [1.54, 1.807) is 7.11 Å². The molecule has 0 aliphatic heterocycles. The van der Waals surface area contributed by atoms with E-state index < -0.39 is 0 Å². The Labute approximate surface area is 94.8 Å². The van der Waals surface area contributed by atoms with Crippen LogP contribution in [0.15, 0.2) is 0 Å². The van der Waals surface area contributed by atoms with Crippen molar-refractivity contribution < 1.29 is 4.74 Å². The third-order valence-electron chi connectivity index (χ3n) is 3.73. The topological polar surface area (TPSA) is 21.3 Å². The normalized spacial score (nSPS) is 22.2. The highest BCUT2D eigenvalue weighted by Gasteiger charge is 2.24. The standard InChI is InChI=1S/C13H27NO/c1-10(2)13(9-15-4)14-11(3)12-7-5-6-8-12/h10-14H,5-9H2,1-4H3. The summed E-state index contributed by atoms with van der Waals surface area (Å²) in [5.41, 5.74) is 0. The Kier molecular flexibility index (Phi) is 5.62. The lowest BCUT2D eigenvalue weighted by Crippen LogP contribution is -2.45. The lowest BCUT2D eigenvalue weighted by Gasteiger charge is -2.29. The van der Waals surface area contributed by atoms with Gasteiger partial charge in [0.2, 0.25) is 0 Å². The predicted octanol–water partition coefficient (Wildman–Crippen LogP) is 2.83. The molecule has 0 amide bonds. The Morgan fingerprint density at radius 3 is 2.27 bits per heavy atom. The number of rotatable bonds is 6. The van der Waals surface area contributed by atoms with Gasteiger partial charge in [-0.15, -0.1) is 0 Å². The molecule has 1 N–H and O–H groups in total. The van der Waals surface area contributed by atoms with Gasteiger partial charge in [0.1, 0.15) is 0 Å². The van der Waals surface area contributed by atoms with Gasteiger partial charge in [-0.3, -0.25) is 0 Å². The molecule has 1 fully saturated rings. The van der Waals surface area contributed by atoms with Crippen LogP contribution in [0.5, 0.6) is 0 Å². The monoisotopic (exact) mass is 213 g/mol. The molecule has 2 atom stereocenters. The van der Waals surface area contributed by atoms with Crippen LogP contribution in [0.1, 0.15) is 46.5 Å². The summed E-state index contributed by atoms with van der Waals surface area (Å²) < 4.78 is 5.27. The lowest BCUT2D eigenvalue weighted by molar-refractivity contribution is 0.135. The molecule has 0 radical (unpaired) electrons. The van der Waals surface area contributed by atoms with Crippen molar-refractivity contribution in [2.75, 3.05) is 13.7 Å². The Morgan fingerprint density at radius 1 is 1.20 bits per heavy atom. The van der Waals surface area contributed by atoms with Gasteiger partial charge < -0.3 is 10.1 Å². The number of hydrogen-bond acceptors (Lipinski definition) is 2. The van der Waals surface area contributed by atoms with E-state index in [9.17, 15) is 0 Å². The van der Waals surface area contributed by atoms with Gasteiger partial charge >= 0.3 is 0 Å². The van der Waals surface area contributed by atoms with Crippen LogP contribution < -0.4 is 5.32 Å². The maximum Gasteiger partial charge on any atom is 0.0618 e. The van der Waals surface area contributed by atoms with Crippen molar-refractivity contribution in [1.82, 2.24) is 5.32 Å². The summed E-state index contributed by atoms with van der Waals surface area (Å²) in [4.78, 5) is 0. The van der Waals surface area contributed by atoms with Crippen LogP contribution in [0.25, 0.3) is 0 Å². The maximum absolute atomic E-state index is 5.27. The molecule has 1 aliphatic rings. The van der Waals surface area contributed by atoms with Crippen molar-refractivity contribution >= 4 is 0 Å². The third-order valence-corrected chi connectivity index (χ3v) is 3.73. The zero-order chi connectivity index (χ0) is 11.3. The highest BCUT2D eigenvalue weighted by molar-refractivity contribution is 4.81. The van der Waals surface area contributed by atoms with E-state index in [2.05, 4.69) is 26.1 Å². The van der Waals surface area contributed by atoms with Crippen LogP contribution in [0.4, 0.5) is 0 Å². The molecular weight excluding hydrogens is 186 g/mol. The number of nitrogens with one attached hydrogen (secondary N) is 1. The first-order chi connectivity index (χ1) is 7.15. The molecule has 0 aromatic carbocycles. The van der Waals surface area contributed by atoms with Crippen LogP contribution in [0, 0.1) is 11.8 Å². The van der Waals surface area contributed by atoms with Crippen LogP contribution >= 0.6 is 0 Å². The quantitative estimate of drug-likeness (QED) is 0.732. The van der Waals surface area contributed by atoms with E-state index >= 15 is 0 Å². The van der Waals surface area contributed by atoms with Gasteiger partial charge in [-0.2, -0.15) is 0 Å². The fourth-order valence-electron chi connectivity index (χ4n) is 2.54. The summed E-state index contributed by atoms with van der Waals surface area (Å²) >= 11 is 0. The molecule has 1 saturated carbocycles. The minimum atomic E-state index is 0.505. The molecular formula is C13H27NO. The van der Waals surface area contributed by atoms with Crippen molar-refractivity contribution in [3.8, 4) is 0 Å². The van der Waals surface area contributed by atoms with Crippen molar-refractivity contribution in [2.24, 2.45) is 11.8 Å². The molecule has 0 aromatic rings. The van der Waals surface area contributed by atoms with E-state index in [4.69, 9.17) is 4.74 Å². The van der Waals surface area contributed by atoms with Gasteiger partial charge in [0, 0.05) is 19.2 Å². The van der Waals surface area contributed by atoms with Crippen LogP contribution in [-0.4, -0.2) is 25.8 Å². The summed E-state index contributed by atoms with van der Waals surface area (Å²) in [6.45, 7) is 7.69. The molecule has 15 heavy (non-hydrogen) atoms. The molecule has 2 unspecified atom stereocenters. The SMILES string of the molecule is COCC(NC(C)C1CCCC1)C(C)C. The molecule has 2 heteroatoms. The summed E-state index contributed by atoms with van der Waals surface area (Å²) in [6.07, 6.45) is 5.67. The van der Waals surface area contributed by atoms with E-state index in [1.807, 2.05) is 0 Å². The molecule has 0 spiro atoms. The Morgan fingerprint density at radius 2 is 1.80 bits per heavy atom. The fraction of sp³-hybridized carbons (Fsp3) is 1.00. The first-order valence-corrected chi connectivity index (χ1v) is 6.40. The summed E-state index contributed by atoms with van der Waals surface area (Å²) in [7, 11) is 1.79. The summed E-state index contributed by atoms with van der Waals surface area (Å²) in [5, 5.41) is 3.73. The predicted molar refractivity (Wildman–Crippen MR) is 65.1 cm³/mol.